The third-order valence-electron chi connectivity index (χ3n) is 6.65. The first-order chi connectivity index (χ1) is 18.6. The molecule has 0 bridgehead atoms. The van der Waals surface area contributed by atoms with E-state index in [0.29, 0.717) is 24.1 Å². The van der Waals surface area contributed by atoms with Crippen LogP contribution in [0.3, 0.4) is 0 Å². The second-order valence-electron chi connectivity index (χ2n) is 9.21. The fraction of sp³-hybridized carbons (Fsp3) is 0.391. The quantitative estimate of drug-likeness (QED) is 0.287. The minimum Gasteiger partial charge on any atom is -0.494 e. The summed E-state index contributed by atoms with van der Waals surface area (Å²) >= 11 is 0. The smallest absolute Gasteiger partial charge is 0.265 e. The zero-order valence-electron chi connectivity index (χ0n) is 20.6. The van der Waals surface area contributed by atoms with Gasteiger partial charge >= 0.3 is 0 Å². The summed E-state index contributed by atoms with van der Waals surface area (Å²) in [5.41, 5.74) is 11.1. The van der Waals surface area contributed by atoms with E-state index in [4.69, 9.17) is 16.2 Å². The van der Waals surface area contributed by atoms with Crippen molar-refractivity contribution >= 4 is 22.8 Å². The number of aliphatic hydroxyl groups excluding tert-OH is 1. The van der Waals surface area contributed by atoms with Crippen LogP contribution in [-0.2, 0) is 6.54 Å². The molecule has 1 fully saturated rings. The van der Waals surface area contributed by atoms with Gasteiger partial charge in [0.15, 0.2) is 34.7 Å². The largest absolute Gasteiger partial charge is 0.494 e. The van der Waals surface area contributed by atoms with Crippen molar-refractivity contribution < 1.29 is 27.4 Å². The molecule has 1 aromatic carbocycles. The minimum absolute atomic E-state index is 0.0312. The summed E-state index contributed by atoms with van der Waals surface area (Å²) in [5.74, 6) is -1.89. The van der Waals surface area contributed by atoms with Crippen molar-refractivity contribution in [1.29, 1.82) is 0 Å². The van der Waals surface area contributed by atoms with Crippen molar-refractivity contribution in [2.75, 3.05) is 30.8 Å². The summed E-state index contributed by atoms with van der Waals surface area (Å²) in [7, 11) is 1.20. The highest BCUT2D eigenvalue weighted by Crippen LogP contribution is 2.32. The summed E-state index contributed by atoms with van der Waals surface area (Å²) in [6.45, 7) is 0.145. The molecule has 4 heterocycles. The number of fused-ring (bicyclic) bond motifs is 1. The summed E-state index contributed by atoms with van der Waals surface area (Å²) in [6, 6.07) is 1.75. The second kappa shape index (κ2) is 10.2. The maximum Gasteiger partial charge on any atom is 0.265 e. The number of nitrogen functional groups attached to an aromatic ring is 1. The first-order valence-electron chi connectivity index (χ1n) is 11.8. The lowest BCUT2D eigenvalue weighted by Gasteiger charge is -2.43. The number of nitrogens with two attached hydrogens (primary N) is 2. The van der Waals surface area contributed by atoms with Crippen molar-refractivity contribution in [3.8, 4) is 17.1 Å². The molecule has 2 atom stereocenters. The number of anilines is 2. The van der Waals surface area contributed by atoms with Crippen molar-refractivity contribution in [3.05, 3.63) is 42.1 Å². The highest BCUT2D eigenvalue weighted by atomic mass is 19.3. The van der Waals surface area contributed by atoms with E-state index in [0.717, 1.165) is 12.1 Å². The molecule has 0 amide bonds. The second-order valence-corrected chi connectivity index (χ2v) is 9.21. The Labute approximate surface area is 218 Å². The Morgan fingerprint density at radius 3 is 2.69 bits per heavy atom. The number of hydrogen-bond donors (Lipinski definition) is 3. The first kappa shape index (κ1) is 26.4. The van der Waals surface area contributed by atoms with Crippen LogP contribution in [0.25, 0.3) is 22.6 Å². The Hall–Kier alpha value is -4.18. The average molecular weight is 549 g/mol. The van der Waals surface area contributed by atoms with E-state index in [1.54, 1.807) is 9.47 Å². The van der Waals surface area contributed by atoms with Crippen LogP contribution in [-0.4, -0.2) is 78.1 Å². The number of aromatic nitrogens is 7. The van der Waals surface area contributed by atoms with E-state index in [1.807, 2.05) is 0 Å². The molecule has 0 aliphatic carbocycles. The van der Waals surface area contributed by atoms with Gasteiger partial charge in [0, 0.05) is 19.2 Å². The molecule has 0 spiro atoms. The lowest BCUT2D eigenvalue weighted by molar-refractivity contribution is -0.0530. The Balaban J connectivity index is 1.60. The van der Waals surface area contributed by atoms with E-state index in [1.165, 1.54) is 19.8 Å². The number of alkyl halides is 2. The van der Waals surface area contributed by atoms with Crippen LogP contribution in [0.2, 0.25) is 0 Å². The maximum atomic E-state index is 14.9. The number of halogens is 4. The number of piperidine rings is 1. The Kier molecular flexibility index (Phi) is 6.90. The molecule has 5 N–H and O–H groups in total. The van der Waals surface area contributed by atoms with Gasteiger partial charge in [-0.25, -0.2) is 37.5 Å². The van der Waals surface area contributed by atoms with Crippen LogP contribution < -0.4 is 21.1 Å². The average Bonchev–Trinajstić information content (AvgIpc) is 3.33. The van der Waals surface area contributed by atoms with Gasteiger partial charge in [-0.05, 0) is 18.9 Å². The molecule has 3 aromatic heterocycles. The number of ether oxygens (including phenoxy) is 1. The fourth-order valence-electron chi connectivity index (χ4n) is 4.64. The van der Waals surface area contributed by atoms with Crippen molar-refractivity contribution in [1.82, 2.24) is 34.7 Å². The molecular weight excluding hydrogens is 524 g/mol. The van der Waals surface area contributed by atoms with Crippen molar-refractivity contribution in [2.24, 2.45) is 5.73 Å². The molecule has 1 saturated heterocycles. The third kappa shape index (κ3) is 4.87. The minimum atomic E-state index is -3.04. The van der Waals surface area contributed by atoms with E-state index in [-0.39, 0.29) is 54.0 Å². The van der Waals surface area contributed by atoms with Gasteiger partial charge in [-0.2, -0.15) is 0 Å². The predicted octanol–water partition coefficient (Wildman–Crippen LogP) is 1.52. The van der Waals surface area contributed by atoms with Crippen LogP contribution in [0, 0.1) is 11.6 Å². The van der Waals surface area contributed by atoms with Crippen molar-refractivity contribution in [2.45, 2.75) is 37.5 Å². The highest BCUT2D eigenvalue weighted by molar-refractivity contribution is 5.81. The molecule has 4 aromatic rings. The Morgan fingerprint density at radius 1 is 1.15 bits per heavy atom. The molecule has 0 saturated carbocycles. The summed E-state index contributed by atoms with van der Waals surface area (Å²) in [6.07, 6.45) is -1.89. The van der Waals surface area contributed by atoms with Crippen LogP contribution in [0.5, 0.6) is 5.75 Å². The molecule has 1 aliphatic rings. The molecule has 39 heavy (non-hydrogen) atoms. The van der Waals surface area contributed by atoms with E-state index in [9.17, 15) is 22.7 Å². The molecule has 12 nitrogen and oxygen atoms in total. The number of hydrogen-bond acceptors (Lipinski definition) is 11. The lowest BCUT2D eigenvalue weighted by atomic mass is 9.84. The zero-order valence-corrected chi connectivity index (χ0v) is 20.6. The van der Waals surface area contributed by atoms with Gasteiger partial charge in [0.1, 0.15) is 29.5 Å². The number of rotatable bonds is 7. The first-order valence-corrected chi connectivity index (χ1v) is 11.8. The molecule has 206 valence electrons. The highest BCUT2D eigenvalue weighted by Gasteiger charge is 2.43. The number of aliphatic hydroxyl groups is 1. The fourth-order valence-corrected chi connectivity index (χ4v) is 4.64. The monoisotopic (exact) mass is 548 g/mol. The van der Waals surface area contributed by atoms with Crippen molar-refractivity contribution in [3.63, 3.8) is 0 Å². The SMILES string of the molecule is COc1cc(F)c(-c2nnc(N3CCC[C@](N)([C@@H](O)C(F)F)C3)c(Cn3cnc4c(N)ncnc43)n2)cc1F. The van der Waals surface area contributed by atoms with Gasteiger partial charge < -0.3 is 30.8 Å². The van der Waals surface area contributed by atoms with Crippen LogP contribution in [0.4, 0.5) is 29.2 Å². The molecule has 5 rings (SSSR count). The van der Waals surface area contributed by atoms with Gasteiger partial charge in [0.25, 0.3) is 6.43 Å². The number of benzene rings is 1. The Morgan fingerprint density at radius 2 is 1.95 bits per heavy atom. The van der Waals surface area contributed by atoms with E-state index >= 15 is 0 Å². The summed E-state index contributed by atoms with van der Waals surface area (Å²) < 4.78 is 62.4. The van der Waals surface area contributed by atoms with Crippen LogP contribution >= 0.6 is 0 Å². The standard InChI is InChI=1S/C23H24F4N10O2/c1-39-15-6-12(24)11(5-13(15)25)20-33-14(7-37-10-32-16-19(28)30-9-31-22(16)37)21(35-34-20)36-4-2-3-23(29,8-36)17(38)18(26)27/h5-6,9-10,17-18,38H,2-4,7-8,29H2,1H3,(H2,28,30,31)/t17-,23+/m0/s1. The zero-order chi connectivity index (χ0) is 27.9. The van der Waals surface area contributed by atoms with E-state index < -0.39 is 29.7 Å². The summed E-state index contributed by atoms with van der Waals surface area (Å²) in [4.78, 5) is 18.4. The summed E-state index contributed by atoms with van der Waals surface area (Å²) in [5, 5.41) is 18.3. The molecular formula is C23H24F4N10O2. The van der Waals surface area contributed by atoms with Gasteiger partial charge in [0.2, 0.25) is 0 Å². The van der Waals surface area contributed by atoms with Crippen LogP contribution in [0.1, 0.15) is 18.5 Å². The maximum absolute atomic E-state index is 14.9. The van der Waals surface area contributed by atoms with Crippen LogP contribution in [0.15, 0.2) is 24.8 Å². The van der Waals surface area contributed by atoms with Gasteiger partial charge in [0.05, 0.1) is 31.1 Å². The molecule has 16 heteroatoms. The van der Waals surface area contributed by atoms with Gasteiger partial charge in [-0.15, -0.1) is 10.2 Å². The van der Waals surface area contributed by atoms with E-state index in [2.05, 4.69) is 30.1 Å². The topological polar surface area (TPSA) is 167 Å². The molecule has 1 aliphatic heterocycles. The molecule has 0 radical (unpaired) electrons. The normalized spacial score (nSPS) is 18.6. The Bertz CT molecular complexity index is 1520. The van der Waals surface area contributed by atoms with Gasteiger partial charge in [-0.1, -0.05) is 0 Å². The van der Waals surface area contributed by atoms with Gasteiger partial charge in [-0.3, -0.25) is 0 Å². The molecule has 0 unspecified atom stereocenters. The lowest BCUT2D eigenvalue weighted by Crippen LogP contribution is -2.63. The number of imidazole rings is 1. The predicted molar refractivity (Wildman–Crippen MR) is 131 cm³/mol. The number of methoxy groups -OCH3 is 1. The third-order valence-corrected chi connectivity index (χ3v) is 6.65. The number of nitrogens with zero attached hydrogens (tertiary/aromatic N) is 8.